The molecule has 2 saturated carbocycles. The van der Waals surface area contributed by atoms with E-state index in [1.165, 1.54) is 37.4 Å². The van der Waals surface area contributed by atoms with Crippen molar-refractivity contribution in [1.29, 1.82) is 0 Å². The molecule has 0 aromatic carbocycles. The highest BCUT2D eigenvalue weighted by Crippen LogP contribution is 2.45. The molecule has 1 saturated heterocycles. The average Bonchev–Trinajstić information content (AvgIpc) is 3.58. The fraction of sp³-hybridized carbons (Fsp3) is 0.765. The van der Waals surface area contributed by atoms with Crippen molar-refractivity contribution in [3.8, 4) is 0 Å². The van der Waals surface area contributed by atoms with E-state index in [9.17, 15) is 9.59 Å². The number of nitrogens with zero attached hydrogens (tertiary/aromatic N) is 5. The van der Waals surface area contributed by atoms with Crippen molar-refractivity contribution in [2.24, 2.45) is 0 Å². The molecule has 1 aliphatic heterocycles. The van der Waals surface area contributed by atoms with Crippen LogP contribution in [0.4, 0.5) is 4.79 Å². The van der Waals surface area contributed by atoms with Crippen molar-refractivity contribution in [1.82, 2.24) is 24.6 Å². The number of carbonyl (C=O) groups excluding carboxylic acids is 2. The summed E-state index contributed by atoms with van der Waals surface area (Å²) in [6.45, 7) is 4.34. The number of carbonyl (C=O) groups is 2. The van der Waals surface area contributed by atoms with Gasteiger partial charge in [0.2, 0.25) is 5.91 Å². The zero-order valence-corrected chi connectivity index (χ0v) is 15.9. The quantitative estimate of drug-likeness (QED) is 0.702. The van der Waals surface area contributed by atoms with Crippen LogP contribution in [0.5, 0.6) is 0 Å². The summed E-state index contributed by atoms with van der Waals surface area (Å²) < 4.78 is 7.28. The molecule has 8 nitrogen and oxygen atoms in total. The molecule has 0 atom stereocenters. The summed E-state index contributed by atoms with van der Waals surface area (Å²) >= 11 is 1.49. The molecule has 0 N–H and O–H groups in total. The third-order valence-corrected chi connectivity index (χ3v) is 5.96. The van der Waals surface area contributed by atoms with Crippen LogP contribution in [0.3, 0.4) is 0 Å². The van der Waals surface area contributed by atoms with Crippen molar-refractivity contribution in [2.45, 2.75) is 49.7 Å². The molecule has 0 bridgehead atoms. The van der Waals surface area contributed by atoms with Gasteiger partial charge in [0.05, 0.1) is 12.4 Å². The van der Waals surface area contributed by atoms with Crippen molar-refractivity contribution < 1.29 is 14.3 Å². The first-order chi connectivity index (χ1) is 12.7. The maximum atomic E-state index is 12.5. The minimum Gasteiger partial charge on any atom is -0.450 e. The van der Waals surface area contributed by atoms with E-state index in [0.717, 1.165) is 11.0 Å². The minimum atomic E-state index is -0.292. The highest BCUT2D eigenvalue weighted by Gasteiger charge is 2.36. The number of piperazine rings is 1. The molecule has 0 spiro atoms. The number of hydrogen-bond acceptors (Lipinski definition) is 6. The van der Waals surface area contributed by atoms with Crippen LogP contribution in [-0.2, 0) is 9.53 Å². The zero-order chi connectivity index (χ0) is 18.1. The second-order valence-electron chi connectivity index (χ2n) is 7.07. The standard InChI is InChI=1S/C17H25N5O3S/c1-2-25-17(24)21-9-7-20(8-10-21)14(23)11-26-16-19-18-15(12-3-4-12)22(16)13-5-6-13/h12-13H,2-11H2,1H3. The van der Waals surface area contributed by atoms with Gasteiger partial charge in [-0.15, -0.1) is 10.2 Å². The van der Waals surface area contributed by atoms with Gasteiger partial charge in [-0.25, -0.2) is 4.79 Å². The largest absolute Gasteiger partial charge is 0.450 e. The van der Waals surface area contributed by atoms with Gasteiger partial charge in [-0.1, -0.05) is 11.8 Å². The second kappa shape index (κ2) is 7.46. The fourth-order valence-corrected chi connectivity index (χ4v) is 4.17. The number of rotatable bonds is 6. The highest BCUT2D eigenvalue weighted by atomic mass is 32.2. The maximum Gasteiger partial charge on any atom is 0.409 e. The Morgan fingerprint density at radius 1 is 1.08 bits per heavy atom. The number of aromatic nitrogens is 3. The van der Waals surface area contributed by atoms with Crippen LogP contribution < -0.4 is 0 Å². The van der Waals surface area contributed by atoms with Crippen LogP contribution in [0.15, 0.2) is 5.16 Å². The van der Waals surface area contributed by atoms with Gasteiger partial charge < -0.3 is 19.1 Å². The molecule has 1 aromatic heterocycles. The third kappa shape index (κ3) is 3.82. The molecule has 9 heteroatoms. The molecular weight excluding hydrogens is 354 g/mol. The summed E-state index contributed by atoms with van der Waals surface area (Å²) in [4.78, 5) is 27.8. The summed E-state index contributed by atoms with van der Waals surface area (Å²) in [6.07, 6.45) is 4.50. The Morgan fingerprint density at radius 2 is 1.77 bits per heavy atom. The second-order valence-corrected chi connectivity index (χ2v) is 8.01. The zero-order valence-electron chi connectivity index (χ0n) is 15.1. The van der Waals surface area contributed by atoms with Crippen LogP contribution >= 0.6 is 11.8 Å². The van der Waals surface area contributed by atoms with Gasteiger partial charge in [0.1, 0.15) is 5.82 Å². The Kier molecular flexibility index (Phi) is 5.06. The molecule has 2 heterocycles. The Balaban J connectivity index is 1.29. The lowest BCUT2D eigenvalue weighted by Gasteiger charge is -2.34. The van der Waals surface area contributed by atoms with Gasteiger partial charge in [0.15, 0.2) is 5.16 Å². The summed E-state index contributed by atoms with van der Waals surface area (Å²) in [5.74, 6) is 2.15. The van der Waals surface area contributed by atoms with E-state index in [0.29, 0.717) is 50.5 Å². The lowest BCUT2D eigenvalue weighted by atomic mass is 10.3. The molecule has 142 valence electrons. The van der Waals surface area contributed by atoms with Crippen LogP contribution in [-0.4, -0.2) is 75.1 Å². The van der Waals surface area contributed by atoms with Crippen molar-refractivity contribution in [2.75, 3.05) is 38.5 Å². The highest BCUT2D eigenvalue weighted by molar-refractivity contribution is 7.99. The fourth-order valence-electron chi connectivity index (χ4n) is 3.25. The van der Waals surface area contributed by atoms with Crippen molar-refractivity contribution in [3.05, 3.63) is 5.82 Å². The van der Waals surface area contributed by atoms with Gasteiger partial charge in [-0.05, 0) is 32.6 Å². The Labute approximate surface area is 157 Å². The van der Waals surface area contributed by atoms with Crippen LogP contribution in [0, 0.1) is 0 Å². The van der Waals surface area contributed by atoms with Gasteiger partial charge in [-0.2, -0.15) is 0 Å². The summed E-state index contributed by atoms with van der Waals surface area (Å²) in [5.41, 5.74) is 0. The molecule has 0 radical (unpaired) electrons. The molecule has 4 rings (SSSR count). The summed E-state index contributed by atoms with van der Waals surface area (Å²) in [6, 6.07) is 0.534. The van der Waals surface area contributed by atoms with E-state index in [1.54, 1.807) is 11.8 Å². The van der Waals surface area contributed by atoms with E-state index < -0.39 is 0 Å². The minimum absolute atomic E-state index is 0.0943. The Morgan fingerprint density at radius 3 is 2.38 bits per heavy atom. The Hall–Kier alpha value is -1.77. The summed E-state index contributed by atoms with van der Waals surface area (Å²) in [5, 5.41) is 9.62. The number of thioether (sulfide) groups is 1. The first-order valence-electron chi connectivity index (χ1n) is 9.44. The van der Waals surface area contributed by atoms with E-state index in [4.69, 9.17) is 4.74 Å². The number of amides is 2. The van der Waals surface area contributed by atoms with Gasteiger partial charge >= 0.3 is 6.09 Å². The molecule has 0 unspecified atom stereocenters. The lowest BCUT2D eigenvalue weighted by molar-refractivity contribution is -0.129. The normalized spacial score (nSPS) is 20.3. The monoisotopic (exact) mass is 379 g/mol. The summed E-state index contributed by atoms with van der Waals surface area (Å²) in [7, 11) is 0. The topological polar surface area (TPSA) is 80.6 Å². The number of hydrogen-bond donors (Lipinski definition) is 0. The average molecular weight is 379 g/mol. The predicted octanol–water partition coefficient (Wildman–Crippen LogP) is 1.88. The van der Waals surface area contributed by atoms with Crippen LogP contribution in [0.25, 0.3) is 0 Å². The van der Waals surface area contributed by atoms with Crippen molar-refractivity contribution in [3.63, 3.8) is 0 Å². The Bertz CT molecular complexity index is 678. The van der Waals surface area contributed by atoms with Crippen molar-refractivity contribution >= 4 is 23.8 Å². The molecule has 1 aromatic rings. The van der Waals surface area contributed by atoms with Crippen LogP contribution in [0.1, 0.15) is 50.4 Å². The van der Waals surface area contributed by atoms with Gasteiger partial charge in [-0.3, -0.25) is 4.79 Å². The smallest absolute Gasteiger partial charge is 0.409 e. The maximum absolute atomic E-state index is 12.5. The lowest BCUT2D eigenvalue weighted by Crippen LogP contribution is -2.51. The molecule has 26 heavy (non-hydrogen) atoms. The van der Waals surface area contributed by atoms with Crippen LogP contribution in [0.2, 0.25) is 0 Å². The first kappa shape index (κ1) is 17.6. The predicted molar refractivity (Wildman–Crippen MR) is 96.2 cm³/mol. The third-order valence-electron chi connectivity index (χ3n) is 5.03. The first-order valence-corrected chi connectivity index (χ1v) is 10.4. The molecule has 2 aliphatic carbocycles. The van der Waals surface area contributed by atoms with E-state index in [-0.39, 0.29) is 12.0 Å². The molecule has 2 amide bonds. The molecule has 3 fully saturated rings. The van der Waals surface area contributed by atoms with E-state index in [1.807, 2.05) is 4.90 Å². The molecule has 3 aliphatic rings. The van der Waals surface area contributed by atoms with E-state index in [2.05, 4.69) is 14.8 Å². The number of ether oxygens (including phenoxy) is 1. The molecular formula is C17H25N5O3S. The SMILES string of the molecule is CCOC(=O)N1CCN(C(=O)CSc2nnc(C3CC3)n2C2CC2)CC1. The van der Waals surface area contributed by atoms with Gasteiger partial charge in [0, 0.05) is 38.1 Å². The van der Waals surface area contributed by atoms with Gasteiger partial charge in [0.25, 0.3) is 0 Å². The van der Waals surface area contributed by atoms with E-state index >= 15 is 0 Å².